The Morgan fingerprint density at radius 3 is 2.30 bits per heavy atom. The largest absolute Gasteiger partial charge is 0.416 e. The van der Waals surface area contributed by atoms with Crippen LogP contribution in [0.4, 0.5) is 13.2 Å². The van der Waals surface area contributed by atoms with E-state index in [1.807, 2.05) is 4.57 Å². The summed E-state index contributed by atoms with van der Waals surface area (Å²) in [6.45, 7) is -0.444. The lowest BCUT2D eigenvalue weighted by atomic mass is 9.64. The Kier molecular flexibility index (Phi) is 8.93. The quantitative estimate of drug-likeness (QED) is 0.0997. The molecule has 5 N–H and O–H groups in total. The molecule has 1 aliphatic rings. The Balaban J connectivity index is 1.37. The Hall–Kier alpha value is -2.93. The smallest absolute Gasteiger partial charge is 0.403 e. The van der Waals surface area contributed by atoms with E-state index in [0.717, 1.165) is 24.4 Å². The molecular weight excluding hydrogens is 614 g/mol. The zero-order chi connectivity index (χ0) is 32.0. The molecule has 1 fully saturated rings. The van der Waals surface area contributed by atoms with Gasteiger partial charge < -0.3 is 30.3 Å². The minimum absolute atomic E-state index is 0.00349. The number of hydrogen-bond acceptors (Lipinski definition) is 6. The summed E-state index contributed by atoms with van der Waals surface area (Å²) in [6.07, 6.45) is -2.73. The van der Waals surface area contributed by atoms with Crippen molar-refractivity contribution < 1.29 is 38.4 Å². The zero-order valence-electron chi connectivity index (χ0n) is 23.1. The molecule has 1 aromatic heterocycles. The number of carbonyl (C=O) groups is 1. The van der Waals surface area contributed by atoms with E-state index in [4.69, 9.17) is 27.3 Å². The summed E-state index contributed by atoms with van der Waals surface area (Å²) in [4.78, 5) is 13.5. The van der Waals surface area contributed by atoms with Gasteiger partial charge in [0.2, 0.25) is 5.12 Å². The third-order valence-corrected chi connectivity index (χ3v) is 8.75. The van der Waals surface area contributed by atoms with Crippen molar-refractivity contribution in [1.29, 1.82) is 0 Å². The summed E-state index contributed by atoms with van der Waals surface area (Å²) in [5.41, 5.74) is 1.61. The van der Waals surface area contributed by atoms with Crippen LogP contribution in [0.2, 0.25) is 5.02 Å². The molecule has 1 atom stereocenters. The van der Waals surface area contributed by atoms with E-state index < -0.39 is 40.8 Å². The minimum atomic E-state index is -4.56. The highest BCUT2D eigenvalue weighted by Crippen LogP contribution is 2.42. The molecular formula is C30H26B2ClF3N2O5S. The maximum atomic E-state index is 13.8. The number of hydrogen-bond donors (Lipinski definition) is 5. The first kappa shape index (κ1) is 32.5. The predicted molar refractivity (Wildman–Crippen MR) is 163 cm³/mol. The van der Waals surface area contributed by atoms with E-state index in [9.17, 15) is 38.4 Å². The van der Waals surface area contributed by atoms with Gasteiger partial charge in [0.15, 0.2) is 0 Å². The molecule has 1 amide bonds. The molecule has 3 aromatic carbocycles. The van der Waals surface area contributed by atoms with Crippen LogP contribution in [-0.4, -0.2) is 63.7 Å². The lowest BCUT2D eigenvalue weighted by Crippen LogP contribution is -2.53. The van der Waals surface area contributed by atoms with Gasteiger partial charge in [0, 0.05) is 49.9 Å². The van der Waals surface area contributed by atoms with E-state index in [0.29, 0.717) is 38.9 Å². The molecule has 1 aliphatic carbocycles. The fraction of sp³-hybridized carbons (Fsp3) is 0.300. The van der Waals surface area contributed by atoms with Crippen LogP contribution in [0.25, 0.3) is 10.9 Å². The lowest BCUT2D eigenvalue weighted by Gasteiger charge is -2.34. The van der Waals surface area contributed by atoms with Gasteiger partial charge in [0.05, 0.1) is 18.2 Å². The Labute approximate surface area is 262 Å². The first-order valence-electron chi connectivity index (χ1n) is 13.5. The van der Waals surface area contributed by atoms with Crippen LogP contribution in [0.3, 0.4) is 0 Å². The summed E-state index contributed by atoms with van der Waals surface area (Å²) in [5, 5.41) is 37.1. The van der Waals surface area contributed by atoms with Gasteiger partial charge in [-0.05, 0) is 72.5 Å². The number of alkyl halides is 3. The Morgan fingerprint density at radius 2 is 1.70 bits per heavy atom. The van der Waals surface area contributed by atoms with Crippen LogP contribution < -0.4 is 5.32 Å². The number of thioether (sulfide) groups is 1. The van der Waals surface area contributed by atoms with Crippen LogP contribution in [-0.2, 0) is 12.6 Å². The van der Waals surface area contributed by atoms with Gasteiger partial charge >= 0.3 is 6.18 Å². The molecule has 226 valence electrons. The molecule has 1 unspecified atom stereocenters. The summed E-state index contributed by atoms with van der Waals surface area (Å²) in [5.74, 6) is -0.483. The second-order valence-electron chi connectivity index (χ2n) is 10.8. The fourth-order valence-electron chi connectivity index (χ4n) is 4.99. The van der Waals surface area contributed by atoms with Gasteiger partial charge in [-0.25, -0.2) is 0 Å². The number of carbonyl (C=O) groups excluding carboxylic acids is 1. The van der Waals surface area contributed by atoms with Crippen LogP contribution in [0.15, 0.2) is 71.6 Å². The molecule has 44 heavy (non-hydrogen) atoms. The van der Waals surface area contributed by atoms with E-state index in [-0.39, 0.29) is 23.0 Å². The number of fused-ring (bicyclic) bond motifs is 1. The number of halogens is 4. The first-order valence-corrected chi connectivity index (χ1v) is 14.7. The van der Waals surface area contributed by atoms with Crippen LogP contribution in [0.1, 0.15) is 57.7 Å². The number of amides is 1. The second kappa shape index (κ2) is 12.1. The molecule has 0 bridgehead atoms. The monoisotopic (exact) mass is 640 g/mol. The van der Waals surface area contributed by atoms with E-state index >= 15 is 0 Å². The predicted octanol–water partition coefficient (Wildman–Crippen LogP) is 4.42. The first-order chi connectivity index (χ1) is 20.6. The van der Waals surface area contributed by atoms with Crippen LogP contribution in [0, 0.1) is 0 Å². The number of rotatable bonds is 10. The summed E-state index contributed by atoms with van der Waals surface area (Å²) < 4.78 is 43.3. The lowest BCUT2D eigenvalue weighted by molar-refractivity contribution is -0.142. The molecule has 1 heterocycles. The zero-order valence-corrected chi connectivity index (χ0v) is 24.6. The number of aliphatic hydroxyl groups excluding tert-OH is 1. The Bertz CT molecular complexity index is 1690. The van der Waals surface area contributed by atoms with Crippen LogP contribution >= 0.6 is 23.4 Å². The highest BCUT2D eigenvalue weighted by atomic mass is 35.5. The van der Waals surface area contributed by atoms with Crippen molar-refractivity contribution in [2.75, 3.05) is 6.61 Å². The number of aromatic nitrogens is 1. The van der Waals surface area contributed by atoms with Gasteiger partial charge in [-0.1, -0.05) is 41.6 Å². The minimum Gasteiger partial charge on any atom is -0.403 e. The van der Waals surface area contributed by atoms with Crippen molar-refractivity contribution in [2.45, 2.75) is 52.9 Å². The highest BCUT2D eigenvalue weighted by molar-refractivity contribution is 8.00. The normalized spacial score (nSPS) is 15.0. The standard InChI is InChI=1S/C30H26B2ClF3N2O5S/c31-29(32,41)30(42,43)44-23-8-2-16(3-9-23)25(15-39)37-27(40)18-4-10-26-19(11-18)13-22(38(26)21-6-7-21)12-17-1-5-20(33)14-24(17)28(34,35)36/h1-5,8-11,13-14,21,25,39,41-43H,6-7,12,15H2,(H,37,40). The van der Waals surface area contributed by atoms with Crippen LogP contribution in [0.5, 0.6) is 0 Å². The van der Waals surface area contributed by atoms with Gasteiger partial charge in [-0.2, -0.15) is 13.2 Å². The third kappa shape index (κ3) is 6.98. The molecule has 1 saturated carbocycles. The summed E-state index contributed by atoms with van der Waals surface area (Å²) in [6, 6.07) is 16.0. The number of benzene rings is 3. The van der Waals surface area contributed by atoms with E-state index in [1.165, 1.54) is 24.3 Å². The fourth-order valence-corrected chi connectivity index (χ4v) is 5.92. The van der Waals surface area contributed by atoms with Gasteiger partial charge in [-0.15, -0.1) is 0 Å². The number of nitrogens with zero attached hydrogens (tertiary/aromatic N) is 1. The molecule has 0 spiro atoms. The van der Waals surface area contributed by atoms with Crippen molar-refractivity contribution in [3.63, 3.8) is 0 Å². The maximum Gasteiger partial charge on any atom is 0.416 e. The van der Waals surface area contributed by atoms with E-state index in [2.05, 4.69) is 5.32 Å². The van der Waals surface area contributed by atoms with Crippen molar-refractivity contribution >= 4 is 55.9 Å². The van der Waals surface area contributed by atoms with Crippen molar-refractivity contribution in [2.24, 2.45) is 0 Å². The molecule has 14 heteroatoms. The number of aliphatic hydroxyl groups is 4. The molecule has 0 saturated heterocycles. The SMILES string of the molecule is [B]C([B])(O)C(O)(O)Sc1ccc(C(CO)NC(=O)c2ccc3c(c2)cc(Cc2ccc(Cl)cc2C(F)(F)F)n3C2CC2)cc1. The summed E-state index contributed by atoms with van der Waals surface area (Å²) in [7, 11) is 10.4. The van der Waals surface area contributed by atoms with Gasteiger partial charge in [-0.3, -0.25) is 4.79 Å². The topological polar surface area (TPSA) is 115 Å². The molecule has 7 nitrogen and oxygen atoms in total. The maximum absolute atomic E-state index is 13.8. The second-order valence-corrected chi connectivity index (χ2v) is 12.5. The average molecular weight is 641 g/mol. The van der Waals surface area contributed by atoms with Crippen molar-refractivity contribution in [1.82, 2.24) is 9.88 Å². The molecule has 4 radical (unpaired) electrons. The average Bonchev–Trinajstić information content (AvgIpc) is 3.71. The van der Waals surface area contributed by atoms with E-state index in [1.54, 1.807) is 36.4 Å². The van der Waals surface area contributed by atoms with Crippen molar-refractivity contribution in [3.8, 4) is 0 Å². The number of nitrogens with one attached hydrogen (secondary N) is 1. The Morgan fingerprint density at radius 1 is 1.02 bits per heavy atom. The molecule has 0 aliphatic heterocycles. The summed E-state index contributed by atoms with van der Waals surface area (Å²) >= 11 is 6.27. The van der Waals surface area contributed by atoms with Crippen molar-refractivity contribution in [3.05, 3.63) is 99.7 Å². The van der Waals surface area contributed by atoms with Gasteiger partial charge in [0.1, 0.15) is 15.7 Å². The highest BCUT2D eigenvalue weighted by Gasteiger charge is 2.40. The molecule has 4 aromatic rings. The van der Waals surface area contributed by atoms with Gasteiger partial charge in [0.25, 0.3) is 5.91 Å². The molecule has 5 rings (SSSR count). The third-order valence-electron chi connectivity index (χ3n) is 7.39.